The minimum Gasteiger partial charge on any atom is -0.508 e. The van der Waals surface area contributed by atoms with Gasteiger partial charge in [0, 0.05) is 31.8 Å². The summed E-state index contributed by atoms with van der Waals surface area (Å²) in [7, 11) is 0. The molecule has 0 bridgehead atoms. The maximum absolute atomic E-state index is 13.0. The number of phenols is 1. The fourth-order valence-corrected chi connectivity index (χ4v) is 4.00. The molecule has 4 rings (SSSR count). The van der Waals surface area contributed by atoms with Crippen LogP contribution in [0.3, 0.4) is 0 Å². The van der Waals surface area contributed by atoms with Crippen molar-refractivity contribution in [3.05, 3.63) is 65.2 Å². The van der Waals surface area contributed by atoms with Crippen LogP contribution in [0.15, 0.2) is 48.5 Å². The van der Waals surface area contributed by atoms with Gasteiger partial charge in [-0.15, -0.1) is 0 Å². The molecule has 2 aliphatic heterocycles. The smallest absolute Gasteiger partial charge is 0.237 e. The van der Waals surface area contributed by atoms with Gasteiger partial charge in [0.1, 0.15) is 5.75 Å². The van der Waals surface area contributed by atoms with E-state index in [-0.39, 0.29) is 23.8 Å². The minimum absolute atomic E-state index is 0.0374. The Morgan fingerprint density at radius 3 is 2.70 bits per heavy atom. The van der Waals surface area contributed by atoms with Crippen molar-refractivity contribution in [1.82, 2.24) is 10.2 Å². The van der Waals surface area contributed by atoms with E-state index in [1.165, 1.54) is 11.1 Å². The lowest BCUT2D eigenvalue weighted by Gasteiger charge is -2.36. The average Bonchev–Trinajstić information content (AvgIpc) is 3.21. The zero-order valence-electron chi connectivity index (χ0n) is 15.4. The van der Waals surface area contributed by atoms with Crippen molar-refractivity contribution >= 4 is 5.91 Å². The van der Waals surface area contributed by atoms with E-state index in [0.717, 1.165) is 25.0 Å². The van der Waals surface area contributed by atoms with E-state index in [1.807, 2.05) is 30.3 Å². The van der Waals surface area contributed by atoms with Crippen molar-refractivity contribution in [2.75, 3.05) is 13.2 Å². The first-order valence-electron chi connectivity index (χ1n) is 9.68. The lowest BCUT2D eigenvalue weighted by atomic mass is 9.93. The summed E-state index contributed by atoms with van der Waals surface area (Å²) in [5, 5.41) is 13.3. The second-order valence-electron chi connectivity index (χ2n) is 7.40. The van der Waals surface area contributed by atoms with Crippen LogP contribution in [0.25, 0.3) is 0 Å². The Morgan fingerprint density at radius 2 is 1.93 bits per heavy atom. The molecule has 1 saturated heterocycles. The highest BCUT2D eigenvalue weighted by Gasteiger charge is 2.32. The molecule has 5 nitrogen and oxygen atoms in total. The SMILES string of the molecule is O=C(NCC1CCCO1)C1Cc2ccccc2CN1Cc1ccccc1O. The summed E-state index contributed by atoms with van der Waals surface area (Å²) in [5.74, 6) is 0.310. The zero-order chi connectivity index (χ0) is 18.6. The second kappa shape index (κ2) is 8.11. The van der Waals surface area contributed by atoms with E-state index in [2.05, 4.69) is 22.3 Å². The number of rotatable bonds is 5. The molecule has 27 heavy (non-hydrogen) atoms. The molecule has 0 aromatic heterocycles. The summed E-state index contributed by atoms with van der Waals surface area (Å²) in [6, 6.07) is 15.4. The Kier molecular flexibility index (Phi) is 5.41. The molecule has 0 aliphatic carbocycles. The number of nitrogens with one attached hydrogen (secondary N) is 1. The number of hydrogen-bond acceptors (Lipinski definition) is 4. The Balaban J connectivity index is 1.51. The Hall–Kier alpha value is -2.37. The van der Waals surface area contributed by atoms with Crippen molar-refractivity contribution in [2.45, 2.75) is 44.5 Å². The molecule has 2 N–H and O–H groups in total. The van der Waals surface area contributed by atoms with Gasteiger partial charge in [-0.1, -0.05) is 42.5 Å². The van der Waals surface area contributed by atoms with Gasteiger partial charge in [0.25, 0.3) is 0 Å². The molecule has 2 heterocycles. The van der Waals surface area contributed by atoms with E-state index < -0.39 is 0 Å². The van der Waals surface area contributed by atoms with Gasteiger partial charge in [-0.3, -0.25) is 9.69 Å². The van der Waals surface area contributed by atoms with Crippen LogP contribution in [0.5, 0.6) is 5.75 Å². The summed E-state index contributed by atoms with van der Waals surface area (Å²) in [6.45, 7) is 2.60. The third-order valence-electron chi connectivity index (χ3n) is 5.54. The third kappa shape index (κ3) is 4.15. The van der Waals surface area contributed by atoms with E-state index in [4.69, 9.17) is 4.74 Å². The number of hydrogen-bond donors (Lipinski definition) is 2. The van der Waals surface area contributed by atoms with Gasteiger partial charge in [0.05, 0.1) is 12.1 Å². The van der Waals surface area contributed by atoms with Crippen LogP contribution in [0.2, 0.25) is 0 Å². The van der Waals surface area contributed by atoms with Gasteiger partial charge in [-0.2, -0.15) is 0 Å². The van der Waals surface area contributed by atoms with Crippen LogP contribution >= 0.6 is 0 Å². The highest BCUT2D eigenvalue weighted by atomic mass is 16.5. The molecule has 2 aliphatic rings. The van der Waals surface area contributed by atoms with Gasteiger partial charge in [-0.05, 0) is 36.5 Å². The van der Waals surface area contributed by atoms with E-state index in [9.17, 15) is 9.90 Å². The maximum atomic E-state index is 13.0. The number of amides is 1. The van der Waals surface area contributed by atoms with Crippen molar-refractivity contribution in [2.24, 2.45) is 0 Å². The van der Waals surface area contributed by atoms with Crippen LogP contribution in [0.4, 0.5) is 0 Å². The largest absolute Gasteiger partial charge is 0.508 e. The maximum Gasteiger partial charge on any atom is 0.237 e. The van der Waals surface area contributed by atoms with Crippen LogP contribution in [-0.4, -0.2) is 41.2 Å². The molecule has 0 saturated carbocycles. The first-order valence-corrected chi connectivity index (χ1v) is 9.68. The molecule has 2 unspecified atom stereocenters. The number of aromatic hydroxyl groups is 1. The summed E-state index contributed by atoms with van der Waals surface area (Å²) in [6.07, 6.45) is 2.89. The van der Waals surface area contributed by atoms with Crippen molar-refractivity contribution < 1.29 is 14.6 Å². The minimum atomic E-state index is -0.249. The van der Waals surface area contributed by atoms with Gasteiger partial charge in [-0.25, -0.2) is 0 Å². The van der Waals surface area contributed by atoms with Gasteiger partial charge in [0.15, 0.2) is 0 Å². The zero-order valence-corrected chi connectivity index (χ0v) is 15.4. The van der Waals surface area contributed by atoms with Crippen LogP contribution < -0.4 is 5.32 Å². The van der Waals surface area contributed by atoms with Gasteiger partial charge in [0.2, 0.25) is 5.91 Å². The summed E-state index contributed by atoms with van der Waals surface area (Å²) < 4.78 is 5.62. The fourth-order valence-electron chi connectivity index (χ4n) is 4.00. The molecule has 2 aromatic rings. The Bertz CT molecular complexity index is 802. The highest BCUT2D eigenvalue weighted by molar-refractivity contribution is 5.82. The standard InChI is InChI=1S/C22H26N2O3/c25-21-10-4-3-8-18(21)15-24-14-17-7-2-1-6-16(17)12-20(24)22(26)23-13-19-9-5-11-27-19/h1-4,6-8,10,19-20,25H,5,9,11-15H2,(H,23,26). The number of carbonyl (C=O) groups excluding carboxylic acids is 1. The van der Waals surface area contributed by atoms with E-state index in [0.29, 0.717) is 26.1 Å². The van der Waals surface area contributed by atoms with Crippen LogP contribution in [0, 0.1) is 0 Å². The molecule has 0 spiro atoms. The van der Waals surface area contributed by atoms with Crippen LogP contribution in [-0.2, 0) is 29.0 Å². The monoisotopic (exact) mass is 366 g/mol. The molecule has 1 amide bonds. The third-order valence-corrected chi connectivity index (χ3v) is 5.54. The highest BCUT2D eigenvalue weighted by Crippen LogP contribution is 2.27. The number of fused-ring (bicyclic) bond motifs is 1. The summed E-state index contributed by atoms with van der Waals surface area (Å²) >= 11 is 0. The lowest BCUT2D eigenvalue weighted by Crippen LogP contribution is -2.51. The van der Waals surface area contributed by atoms with E-state index in [1.54, 1.807) is 6.07 Å². The molecule has 142 valence electrons. The van der Waals surface area contributed by atoms with E-state index >= 15 is 0 Å². The van der Waals surface area contributed by atoms with Crippen molar-refractivity contribution in [3.8, 4) is 5.75 Å². The topological polar surface area (TPSA) is 61.8 Å². The van der Waals surface area contributed by atoms with Crippen molar-refractivity contribution in [3.63, 3.8) is 0 Å². The van der Waals surface area contributed by atoms with Crippen LogP contribution in [0.1, 0.15) is 29.5 Å². The number of nitrogens with zero attached hydrogens (tertiary/aromatic N) is 1. The first-order chi connectivity index (χ1) is 13.2. The molecule has 5 heteroatoms. The number of para-hydroxylation sites is 1. The number of phenolic OH excluding ortho intramolecular Hbond substituents is 1. The van der Waals surface area contributed by atoms with Gasteiger partial charge >= 0.3 is 0 Å². The molecule has 1 fully saturated rings. The summed E-state index contributed by atoms with van der Waals surface area (Å²) in [5.41, 5.74) is 3.31. The number of ether oxygens (including phenoxy) is 1. The second-order valence-corrected chi connectivity index (χ2v) is 7.40. The average molecular weight is 366 g/mol. The lowest BCUT2D eigenvalue weighted by molar-refractivity contribution is -0.127. The molecular formula is C22H26N2O3. The van der Waals surface area contributed by atoms with Crippen molar-refractivity contribution in [1.29, 1.82) is 0 Å². The number of benzene rings is 2. The normalized spacial score (nSPS) is 22.4. The molecule has 0 radical (unpaired) electrons. The Morgan fingerprint density at radius 1 is 1.15 bits per heavy atom. The predicted octanol–water partition coefficient (Wildman–Crippen LogP) is 2.61. The molecule has 2 aromatic carbocycles. The quantitative estimate of drug-likeness (QED) is 0.854. The number of carbonyl (C=O) groups is 1. The fraction of sp³-hybridized carbons (Fsp3) is 0.409. The van der Waals surface area contributed by atoms with Gasteiger partial charge < -0.3 is 15.2 Å². The predicted molar refractivity (Wildman–Crippen MR) is 103 cm³/mol. The summed E-state index contributed by atoms with van der Waals surface area (Å²) in [4.78, 5) is 15.1. The Labute approximate surface area is 160 Å². The molecule has 2 atom stereocenters. The first kappa shape index (κ1) is 18.0. The molecular weight excluding hydrogens is 340 g/mol.